The van der Waals surface area contributed by atoms with Crippen LogP contribution in [0.1, 0.15) is 15.9 Å². The summed E-state index contributed by atoms with van der Waals surface area (Å²) < 4.78 is 21.7. The minimum absolute atomic E-state index is 0.0679. The van der Waals surface area contributed by atoms with Crippen molar-refractivity contribution in [1.29, 1.82) is 0 Å². The van der Waals surface area contributed by atoms with Crippen LogP contribution in [0.3, 0.4) is 0 Å². The van der Waals surface area contributed by atoms with Gasteiger partial charge in [-0.2, -0.15) is 0 Å². The second kappa shape index (κ2) is 5.35. The summed E-state index contributed by atoms with van der Waals surface area (Å²) in [4.78, 5) is 12.7. The molecule has 116 valence electrons. The Morgan fingerprint density at radius 3 is 2.87 bits per heavy atom. The predicted molar refractivity (Wildman–Crippen MR) is 83.4 cm³/mol. The molecular formula is C18H14O5. The molecule has 0 aliphatic carbocycles. The van der Waals surface area contributed by atoms with Crippen molar-refractivity contribution in [3.63, 3.8) is 0 Å². The molecule has 5 heteroatoms. The molecule has 23 heavy (non-hydrogen) atoms. The number of ether oxygens (including phenoxy) is 4. The molecule has 2 aliphatic rings. The van der Waals surface area contributed by atoms with Crippen molar-refractivity contribution < 1.29 is 23.7 Å². The lowest BCUT2D eigenvalue weighted by Gasteiger charge is -2.19. The first-order valence-corrected chi connectivity index (χ1v) is 7.21. The number of benzene rings is 2. The Bertz CT molecular complexity index is 822. The number of methoxy groups -OCH3 is 1. The van der Waals surface area contributed by atoms with Crippen LogP contribution >= 0.6 is 0 Å². The minimum atomic E-state index is -0.0679. The fourth-order valence-electron chi connectivity index (χ4n) is 2.69. The van der Waals surface area contributed by atoms with Crippen molar-refractivity contribution in [2.75, 3.05) is 20.5 Å². The summed E-state index contributed by atoms with van der Waals surface area (Å²) in [6.07, 6.45) is 1.79. The second-order valence-electron chi connectivity index (χ2n) is 5.23. The predicted octanol–water partition coefficient (Wildman–Crippen LogP) is 3.08. The van der Waals surface area contributed by atoms with E-state index in [1.165, 1.54) is 0 Å². The minimum Gasteiger partial charge on any atom is -0.497 e. The third kappa shape index (κ3) is 2.30. The Kier molecular flexibility index (Phi) is 3.19. The first-order valence-electron chi connectivity index (χ1n) is 7.21. The summed E-state index contributed by atoms with van der Waals surface area (Å²) in [5.74, 6) is 2.47. The molecule has 0 amide bonds. The van der Waals surface area contributed by atoms with E-state index in [1.807, 2.05) is 18.2 Å². The zero-order valence-electron chi connectivity index (χ0n) is 12.5. The summed E-state index contributed by atoms with van der Waals surface area (Å²) in [6.45, 7) is 0.419. The van der Waals surface area contributed by atoms with Crippen LogP contribution in [0.25, 0.3) is 6.08 Å². The molecule has 0 radical (unpaired) electrons. The lowest BCUT2D eigenvalue weighted by atomic mass is 9.98. The SMILES string of the molecule is COc1ccc2c(c1)C(=O)C(=Cc1cccc3c1OCO3)CO2. The largest absolute Gasteiger partial charge is 0.497 e. The molecule has 0 bridgehead atoms. The van der Waals surface area contributed by atoms with Crippen molar-refractivity contribution in [1.82, 2.24) is 0 Å². The molecular weight excluding hydrogens is 296 g/mol. The first-order chi connectivity index (χ1) is 11.3. The molecule has 0 saturated heterocycles. The maximum atomic E-state index is 12.7. The summed E-state index contributed by atoms with van der Waals surface area (Å²) >= 11 is 0. The van der Waals surface area contributed by atoms with Gasteiger partial charge in [0.2, 0.25) is 6.79 Å². The standard InChI is InChI=1S/C18H14O5/c1-20-13-5-6-15-14(8-13)17(19)12(9-21-15)7-11-3-2-4-16-18(11)23-10-22-16/h2-8H,9-10H2,1H3. The van der Waals surface area contributed by atoms with Crippen molar-refractivity contribution >= 4 is 11.9 Å². The molecule has 0 aromatic heterocycles. The summed E-state index contributed by atoms with van der Waals surface area (Å²) in [7, 11) is 1.57. The normalized spacial score (nSPS) is 16.9. The Morgan fingerprint density at radius 1 is 1.09 bits per heavy atom. The topological polar surface area (TPSA) is 54.0 Å². The fraction of sp³-hybridized carbons (Fsp3) is 0.167. The van der Waals surface area contributed by atoms with E-state index in [1.54, 1.807) is 31.4 Å². The maximum Gasteiger partial charge on any atom is 0.231 e. The molecule has 0 spiro atoms. The fourth-order valence-corrected chi connectivity index (χ4v) is 2.69. The highest BCUT2D eigenvalue weighted by Crippen LogP contribution is 2.38. The smallest absolute Gasteiger partial charge is 0.231 e. The van der Waals surface area contributed by atoms with Crippen LogP contribution < -0.4 is 18.9 Å². The number of carbonyl (C=O) groups is 1. The van der Waals surface area contributed by atoms with Gasteiger partial charge in [-0.3, -0.25) is 4.79 Å². The van der Waals surface area contributed by atoms with E-state index in [2.05, 4.69) is 0 Å². The quantitative estimate of drug-likeness (QED) is 0.798. The lowest BCUT2D eigenvalue weighted by molar-refractivity contribution is 0.100. The molecule has 0 fully saturated rings. The van der Waals surface area contributed by atoms with E-state index in [-0.39, 0.29) is 19.2 Å². The van der Waals surface area contributed by atoms with Crippen LogP contribution in [0.2, 0.25) is 0 Å². The highest BCUT2D eigenvalue weighted by atomic mass is 16.7. The maximum absolute atomic E-state index is 12.7. The van der Waals surface area contributed by atoms with Crippen molar-refractivity contribution in [3.8, 4) is 23.0 Å². The zero-order chi connectivity index (χ0) is 15.8. The highest BCUT2D eigenvalue weighted by Gasteiger charge is 2.25. The third-order valence-corrected chi connectivity index (χ3v) is 3.86. The Hall–Kier alpha value is -2.95. The van der Waals surface area contributed by atoms with E-state index in [4.69, 9.17) is 18.9 Å². The van der Waals surface area contributed by atoms with E-state index in [9.17, 15) is 4.79 Å². The van der Waals surface area contributed by atoms with Crippen molar-refractivity contribution in [3.05, 3.63) is 53.1 Å². The lowest BCUT2D eigenvalue weighted by Crippen LogP contribution is -2.19. The number of ketones is 1. The number of hydrogen-bond donors (Lipinski definition) is 0. The molecule has 2 aromatic rings. The zero-order valence-corrected chi connectivity index (χ0v) is 12.5. The molecule has 2 heterocycles. The first kappa shape index (κ1) is 13.7. The van der Waals surface area contributed by atoms with Crippen LogP contribution in [0.15, 0.2) is 42.0 Å². The van der Waals surface area contributed by atoms with Gasteiger partial charge in [0.15, 0.2) is 17.3 Å². The van der Waals surface area contributed by atoms with Crippen LogP contribution in [0.5, 0.6) is 23.0 Å². The Morgan fingerprint density at radius 2 is 2.00 bits per heavy atom. The van der Waals surface area contributed by atoms with Gasteiger partial charge in [-0.15, -0.1) is 0 Å². The number of Topliss-reactive ketones (excluding diaryl/α,β-unsaturated/α-hetero) is 1. The summed E-state index contributed by atoms with van der Waals surface area (Å²) in [6, 6.07) is 10.8. The average molecular weight is 310 g/mol. The van der Waals surface area contributed by atoms with Gasteiger partial charge in [0.1, 0.15) is 18.1 Å². The number of carbonyl (C=O) groups excluding carboxylic acids is 1. The van der Waals surface area contributed by atoms with Crippen LogP contribution in [-0.2, 0) is 0 Å². The number of hydrogen-bond acceptors (Lipinski definition) is 5. The number of fused-ring (bicyclic) bond motifs is 2. The molecule has 4 rings (SSSR count). The van der Waals surface area contributed by atoms with E-state index < -0.39 is 0 Å². The Labute approximate surface area is 133 Å². The molecule has 2 aliphatic heterocycles. The van der Waals surface area contributed by atoms with Gasteiger partial charge in [0, 0.05) is 11.1 Å². The van der Waals surface area contributed by atoms with E-state index >= 15 is 0 Å². The van der Waals surface area contributed by atoms with Crippen LogP contribution in [0, 0.1) is 0 Å². The summed E-state index contributed by atoms with van der Waals surface area (Å²) in [5.41, 5.74) is 1.87. The second-order valence-corrected chi connectivity index (χ2v) is 5.23. The average Bonchev–Trinajstić information content (AvgIpc) is 3.07. The van der Waals surface area contributed by atoms with Gasteiger partial charge in [-0.05, 0) is 30.3 Å². The molecule has 0 saturated carbocycles. The highest BCUT2D eigenvalue weighted by molar-refractivity contribution is 6.14. The molecule has 0 atom stereocenters. The number of para-hydroxylation sites is 1. The third-order valence-electron chi connectivity index (χ3n) is 3.86. The van der Waals surface area contributed by atoms with Gasteiger partial charge in [-0.25, -0.2) is 0 Å². The van der Waals surface area contributed by atoms with Gasteiger partial charge < -0.3 is 18.9 Å². The molecule has 5 nitrogen and oxygen atoms in total. The van der Waals surface area contributed by atoms with Crippen LogP contribution in [0.4, 0.5) is 0 Å². The van der Waals surface area contributed by atoms with Gasteiger partial charge >= 0.3 is 0 Å². The van der Waals surface area contributed by atoms with Crippen molar-refractivity contribution in [2.45, 2.75) is 0 Å². The number of rotatable bonds is 2. The van der Waals surface area contributed by atoms with Gasteiger partial charge in [-0.1, -0.05) is 12.1 Å². The molecule has 0 unspecified atom stereocenters. The summed E-state index contributed by atoms with van der Waals surface area (Å²) in [5, 5.41) is 0. The Balaban J connectivity index is 1.74. The van der Waals surface area contributed by atoms with Gasteiger partial charge in [0.25, 0.3) is 0 Å². The molecule has 0 N–H and O–H groups in total. The molecule has 2 aromatic carbocycles. The van der Waals surface area contributed by atoms with Gasteiger partial charge in [0.05, 0.1) is 12.7 Å². The van der Waals surface area contributed by atoms with Crippen molar-refractivity contribution in [2.24, 2.45) is 0 Å². The monoisotopic (exact) mass is 310 g/mol. The van der Waals surface area contributed by atoms with E-state index in [0.29, 0.717) is 34.1 Å². The van der Waals surface area contributed by atoms with Crippen LogP contribution in [-0.4, -0.2) is 26.3 Å². The van der Waals surface area contributed by atoms with E-state index in [0.717, 1.165) is 5.56 Å².